The largest absolute Gasteiger partial charge is 0.443 e. The molecule has 0 amide bonds. The monoisotopic (exact) mass is 309 g/mol. The van der Waals surface area contributed by atoms with Crippen LogP contribution in [0.3, 0.4) is 0 Å². The van der Waals surface area contributed by atoms with Crippen LogP contribution in [0, 0.1) is 11.6 Å². The predicted molar refractivity (Wildman–Crippen MR) is 62.6 cm³/mol. The second-order valence-electron chi connectivity index (χ2n) is 3.87. The van der Waals surface area contributed by atoms with Crippen LogP contribution in [0.4, 0.5) is 22.0 Å². The van der Waals surface area contributed by atoms with Crippen molar-refractivity contribution in [1.82, 2.24) is 10.4 Å². The molecule has 1 unspecified atom stereocenters. The maximum atomic E-state index is 13.1. The number of nitrogens with two attached hydrogens (primary N) is 1. The van der Waals surface area contributed by atoms with Gasteiger partial charge in [-0.25, -0.2) is 19.2 Å². The fourth-order valence-electron chi connectivity index (χ4n) is 1.64. The van der Waals surface area contributed by atoms with Gasteiger partial charge in [-0.2, -0.15) is 13.2 Å². The summed E-state index contributed by atoms with van der Waals surface area (Å²) in [5.74, 6) is 3.57. The van der Waals surface area contributed by atoms with Gasteiger partial charge < -0.3 is 0 Å². The third-order valence-corrected chi connectivity index (χ3v) is 3.54. The minimum Gasteiger partial charge on any atom is -0.271 e. The van der Waals surface area contributed by atoms with Crippen molar-refractivity contribution in [1.29, 1.82) is 0 Å². The van der Waals surface area contributed by atoms with Crippen LogP contribution in [-0.2, 0) is 6.18 Å². The lowest BCUT2D eigenvalue weighted by atomic mass is 10.1. The van der Waals surface area contributed by atoms with Gasteiger partial charge in [0, 0.05) is 17.1 Å². The molecule has 1 aromatic carbocycles. The van der Waals surface area contributed by atoms with Crippen molar-refractivity contribution < 1.29 is 22.0 Å². The van der Waals surface area contributed by atoms with E-state index < -0.39 is 28.9 Å². The van der Waals surface area contributed by atoms with Gasteiger partial charge in [0.05, 0.1) is 6.04 Å². The van der Waals surface area contributed by atoms with E-state index in [0.717, 1.165) is 18.3 Å². The Kier molecular flexibility index (Phi) is 4.02. The first-order valence-corrected chi connectivity index (χ1v) is 6.08. The molecule has 0 aliphatic carbocycles. The van der Waals surface area contributed by atoms with E-state index in [1.807, 2.05) is 0 Å². The molecular weight excluding hydrogens is 301 g/mol. The molecule has 1 aromatic heterocycles. The van der Waals surface area contributed by atoms with Gasteiger partial charge in [-0.1, -0.05) is 0 Å². The fourth-order valence-corrected chi connectivity index (χ4v) is 2.51. The molecule has 0 fully saturated rings. The second-order valence-corrected chi connectivity index (χ2v) is 4.93. The predicted octanol–water partition coefficient (Wildman–Crippen LogP) is 2.99. The highest BCUT2D eigenvalue weighted by molar-refractivity contribution is 7.11. The first-order chi connectivity index (χ1) is 9.31. The Morgan fingerprint density at radius 2 is 1.75 bits per heavy atom. The molecular formula is C11H8F5N3S. The van der Waals surface area contributed by atoms with Crippen LogP contribution in [-0.4, -0.2) is 4.98 Å². The normalized spacial score (nSPS) is 13.5. The van der Waals surface area contributed by atoms with Gasteiger partial charge in [0.15, 0.2) is 5.01 Å². The van der Waals surface area contributed by atoms with Gasteiger partial charge >= 0.3 is 6.18 Å². The SMILES string of the molecule is NNC(c1cc(F)cc(F)c1)c1cnc(C(F)(F)F)s1. The number of halogens is 5. The molecule has 0 saturated carbocycles. The summed E-state index contributed by atoms with van der Waals surface area (Å²) in [6, 6.07) is 1.65. The molecule has 20 heavy (non-hydrogen) atoms. The van der Waals surface area contributed by atoms with Crippen LogP contribution in [0.5, 0.6) is 0 Å². The minimum absolute atomic E-state index is 0.0716. The number of alkyl halides is 3. The summed E-state index contributed by atoms with van der Waals surface area (Å²) in [6.07, 6.45) is -3.60. The number of nitrogens with zero attached hydrogens (tertiary/aromatic N) is 1. The maximum Gasteiger partial charge on any atom is 0.443 e. The molecule has 0 bridgehead atoms. The zero-order valence-corrected chi connectivity index (χ0v) is 10.5. The lowest BCUT2D eigenvalue weighted by molar-refractivity contribution is -0.137. The van der Waals surface area contributed by atoms with Crippen molar-refractivity contribution in [3.05, 3.63) is 51.5 Å². The number of hydrogen-bond acceptors (Lipinski definition) is 4. The molecule has 9 heteroatoms. The van der Waals surface area contributed by atoms with E-state index in [4.69, 9.17) is 5.84 Å². The number of aromatic nitrogens is 1. The lowest BCUT2D eigenvalue weighted by Crippen LogP contribution is -2.28. The van der Waals surface area contributed by atoms with Gasteiger partial charge in [0.2, 0.25) is 0 Å². The number of benzene rings is 1. The Hall–Kier alpha value is -1.58. The fraction of sp³-hybridized carbons (Fsp3) is 0.182. The molecule has 0 saturated heterocycles. The van der Waals surface area contributed by atoms with Gasteiger partial charge in [0.1, 0.15) is 11.6 Å². The standard InChI is InChI=1S/C11H8F5N3S/c12-6-1-5(2-7(13)3-6)9(19-17)8-4-18-10(20-8)11(14,15)16/h1-4,9,19H,17H2. The Morgan fingerprint density at radius 3 is 2.20 bits per heavy atom. The van der Waals surface area contributed by atoms with Crippen LogP contribution < -0.4 is 11.3 Å². The summed E-state index contributed by atoms with van der Waals surface area (Å²) in [5, 5.41) is -1.05. The highest BCUT2D eigenvalue weighted by Gasteiger charge is 2.35. The number of hydrazine groups is 1. The zero-order valence-electron chi connectivity index (χ0n) is 9.71. The van der Waals surface area contributed by atoms with Crippen molar-refractivity contribution >= 4 is 11.3 Å². The van der Waals surface area contributed by atoms with E-state index in [9.17, 15) is 22.0 Å². The molecule has 0 spiro atoms. The summed E-state index contributed by atoms with van der Waals surface area (Å²) in [7, 11) is 0. The van der Waals surface area contributed by atoms with E-state index >= 15 is 0 Å². The Bertz CT molecular complexity index is 590. The van der Waals surface area contributed by atoms with Gasteiger partial charge in [-0.05, 0) is 17.7 Å². The minimum atomic E-state index is -4.57. The van der Waals surface area contributed by atoms with Gasteiger partial charge in [-0.3, -0.25) is 5.84 Å². The molecule has 108 valence electrons. The average molecular weight is 309 g/mol. The number of nitrogens with one attached hydrogen (secondary N) is 1. The van der Waals surface area contributed by atoms with Crippen molar-refractivity contribution in [2.45, 2.75) is 12.2 Å². The third-order valence-electron chi connectivity index (χ3n) is 2.44. The molecule has 0 aliphatic heterocycles. The molecule has 2 aromatic rings. The van der Waals surface area contributed by atoms with Crippen LogP contribution in [0.15, 0.2) is 24.4 Å². The van der Waals surface area contributed by atoms with Gasteiger partial charge in [0.25, 0.3) is 0 Å². The number of hydrogen-bond donors (Lipinski definition) is 2. The van der Waals surface area contributed by atoms with Crippen LogP contribution in [0.25, 0.3) is 0 Å². The summed E-state index contributed by atoms with van der Waals surface area (Å²) in [5.41, 5.74) is 2.30. The maximum absolute atomic E-state index is 13.1. The summed E-state index contributed by atoms with van der Waals surface area (Å²) < 4.78 is 63.7. The molecule has 3 N–H and O–H groups in total. The first-order valence-electron chi connectivity index (χ1n) is 5.26. The molecule has 1 heterocycles. The van der Waals surface area contributed by atoms with E-state index in [-0.39, 0.29) is 10.4 Å². The van der Waals surface area contributed by atoms with Crippen LogP contribution in [0.2, 0.25) is 0 Å². The van der Waals surface area contributed by atoms with E-state index in [1.54, 1.807) is 0 Å². The highest BCUT2D eigenvalue weighted by atomic mass is 32.1. The second kappa shape index (κ2) is 5.43. The zero-order chi connectivity index (χ0) is 14.9. The van der Waals surface area contributed by atoms with E-state index in [2.05, 4.69) is 10.4 Å². The summed E-state index contributed by atoms with van der Waals surface area (Å²) in [4.78, 5) is 3.34. The summed E-state index contributed by atoms with van der Waals surface area (Å²) in [6.45, 7) is 0. The van der Waals surface area contributed by atoms with Crippen molar-refractivity contribution in [2.75, 3.05) is 0 Å². The Balaban J connectivity index is 2.39. The number of rotatable bonds is 3. The lowest BCUT2D eigenvalue weighted by Gasteiger charge is -2.14. The van der Waals surface area contributed by atoms with Crippen molar-refractivity contribution in [3.8, 4) is 0 Å². The van der Waals surface area contributed by atoms with Crippen LogP contribution in [0.1, 0.15) is 21.5 Å². The van der Waals surface area contributed by atoms with Crippen LogP contribution >= 0.6 is 11.3 Å². The first kappa shape index (κ1) is 14.8. The highest BCUT2D eigenvalue weighted by Crippen LogP contribution is 2.35. The van der Waals surface area contributed by atoms with E-state index in [0.29, 0.717) is 17.4 Å². The molecule has 3 nitrogen and oxygen atoms in total. The topological polar surface area (TPSA) is 50.9 Å². The van der Waals surface area contributed by atoms with Crippen molar-refractivity contribution in [3.63, 3.8) is 0 Å². The van der Waals surface area contributed by atoms with Crippen molar-refractivity contribution in [2.24, 2.45) is 5.84 Å². The average Bonchev–Trinajstić information content (AvgIpc) is 2.77. The third kappa shape index (κ3) is 3.11. The summed E-state index contributed by atoms with van der Waals surface area (Å²) >= 11 is 0.356. The number of thiazole rings is 1. The van der Waals surface area contributed by atoms with E-state index in [1.165, 1.54) is 0 Å². The molecule has 0 aliphatic rings. The quantitative estimate of drug-likeness (QED) is 0.520. The van der Waals surface area contributed by atoms with Gasteiger partial charge in [-0.15, -0.1) is 11.3 Å². The molecule has 0 radical (unpaired) electrons. The Labute approximate surface area is 114 Å². The molecule has 1 atom stereocenters. The Morgan fingerprint density at radius 1 is 1.15 bits per heavy atom. The smallest absolute Gasteiger partial charge is 0.271 e. The molecule has 2 rings (SSSR count).